The van der Waals surface area contributed by atoms with Crippen molar-refractivity contribution in [1.29, 1.82) is 0 Å². The Hall–Kier alpha value is -1.40. The molecule has 6 heteroatoms. The van der Waals surface area contributed by atoms with Crippen molar-refractivity contribution in [3.63, 3.8) is 0 Å². The molecule has 0 saturated carbocycles. The number of carbonyl (C=O) groups excluding carboxylic acids is 1. The summed E-state index contributed by atoms with van der Waals surface area (Å²) in [4.78, 5) is 11.9. The topological polar surface area (TPSA) is 89.3 Å². The van der Waals surface area contributed by atoms with Gasteiger partial charge in [0.15, 0.2) is 0 Å². The van der Waals surface area contributed by atoms with Gasteiger partial charge in [0.2, 0.25) is 5.91 Å². The summed E-state index contributed by atoms with van der Waals surface area (Å²) in [6.07, 6.45) is 1.26. The molecule has 0 fully saturated rings. The van der Waals surface area contributed by atoms with E-state index in [0.717, 1.165) is 17.4 Å². The molecule has 1 aromatic carbocycles. The molecule has 112 valence electrons. The van der Waals surface area contributed by atoms with Crippen molar-refractivity contribution in [2.24, 2.45) is 5.73 Å². The Labute approximate surface area is 120 Å². The molecule has 3 N–H and O–H groups in total. The number of rotatable bonds is 6. The number of amides is 1. The van der Waals surface area contributed by atoms with Gasteiger partial charge in [-0.3, -0.25) is 4.79 Å². The molecule has 0 radical (unpaired) electrons. The summed E-state index contributed by atoms with van der Waals surface area (Å²) in [5.74, 6) is -0.412. The lowest BCUT2D eigenvalue weighted by atomic mass is 10.0. The third-order valence-corrected chi connectivity index (χ3v) is 4.13. The summed E-state index contributed by atoms with van der Waals surface area (Å²) >= 11 is 0. The molecule has 0 aliphatic rings. The van der Waals surface area contributed by atoms with Gasteiger partial charge in [-0.1, -0.05) is 24.3 Å². The van der Waals surface area contributed by atoms with E-state index < -0.39 is 15.9 Å². The van der Waals surface area contributed by atoms with Crippen molar-refractivity contribution < 1.29 is 13.2 Å². The number of nitrogens with two attached hydrogens (primary N) is 1. The predicted molar refractivity (Wildman–Crippen MR) is 80.0 cm³/mol. The third-order valence-electron chi connectivity index (χ3n) is 3.15. The maximum Gasteiger partial charge on any atom is 0.237 e. The Morgan fingerprint density at radius 2 is 1.95 bits per heavy atom. The van der Waals surface area contributed by atoms with E-state index in [2.05, 4.69) is 5.32 Å². The zero-order valence-electron chi connectivity index (χ0n) is 12.1. The molecule has 5 nitrogen and oxygen atoms in total. The minimum Gasteiger partial charge on any atom is -0.348 e. The van der Waals surface area contributed by atoms with Crippen LogP contribution in [0, 0.1) is 6.92 Å². The van der Waals surface area contributed by atoms with Gasteiger partial charge in [-0.25, -0.2) is 8.42 Å². The first-order valence-corrected chi connectivity index (χ1v) is 8.56. The molecule has 0 spiro atoms. The highest BCUT2D eigenvalue weighted by atomic mass is 32.2. The molecular weight excluding hydrogens is 276 g/mol. The summed E-state index contributed by atoms with van der Waals surface area (Å²) < 4.78 is 22.1. The standard InChI is InChI=1S/C14H22N2O3S/c1-10-6-4-5-7-12(10)11(2)16-14(17)13(15)8-9-20(3,18)19/h4-7,11,13H,8-9,15H2,1-3H3,(H,16,17)/t11-,13?/m0/s1. The van der Waals surface area contributed by atoms with Crippen LogP contribution in [0.25, 0.3) is 0 Å². The van der Waals surface area contributed by atoms with E-state index in [1.165, 1.54) is 0 Å². The summed E-state index contributed by atoms with van der Waals surface area (Å²) in [7, 11) is -3.10. The Morgan fingerprint density at radius 1 is 1.35 bits per heavy atom. The predicted octanol–water partition coefficient (Wildman–Crippen LogP) is 0.934. The smallest absolute Gasteiger partial charge is 0.237 e. The van der Waals surface area contributed by atoms with E-state index in [9.17, 15) is 13.2 Å². The van der Waals surface area contributed by atoms with E-state index in [4.69, 9.17) is 5.73 Å². The zero-order chi connectivity index (χ0) is 15.3. The van der Waals surface area contributed by atoms with E-state index in [1.807, 2.05) is 38.1 Å². The van der Waals surface area contributed by atoms with Gasteiger partial charge in [0.25, 0.3) is 0 Å². The number of sulfone groups is 1. The second-order valence-electron chi connectivity index (χ2n) is 5.11. The van der Waals surface area contributed by atoms with Gasteiger partial charge in [-0.2, -0.15) is 0 Å². The van der Waals surface area contributed by atoms with Gasteiger partial charge >= 0.3 is 0 Å². The van der Waals surface area contributed by atoms with E-state index >= 15 is 0 Å². The molecule has 1 unspecified atom stereocenters. The fraction of sp³-hybridized carbons (Fsp3) is 0.500. The average Bonchev–Trinajstić information content (AvgIpc) is 2.35. The van der Waals surface area contributed by atoms with Crippen LogP contribution in [0.1, 0.15) is 30.5 Å². The highest BCUT2D eigenvalue weighted by Crippen LogP contribution is 2.16. The second-order valence-corrected chi connectivity index (χ2v) is 7.37. The Bertz CT molecular complexity index is 570. The Kier molecular flexibility index (Phi) is 5.71. The van der Waals surface area contributed by atoms with Crippen LogP contribution >= 0.6 is 0 Å². The number of nitrogens with one attached hydrogen (secondary N) is 1. The zero-order valence-corrected chi connectivity index (χ0v) is 12.9. The molecule has 0 aliphatic carbocycles. The number of benzene rings is 1. The van der Waals surface area contributed by atoms with Gasteiger partial charge in [0, 0.05) is 6.26 Å². The monoisotopic (exact) mass is 298 g/mol. The van der Waals surface area contributed by atoms with Crippen molar-refractivity contribution in [2.75, 3.05) is 12.0 Å². The quantitative estimate of drug-likeness (QED) is 0.817. The fourth-order valence-electron chi connectivity index (χ4n) is 1.94. The number of carbonyl (C=O) groups is 1. The van der Waals surface area contributed by atoms with Crippen molar-refractivity contribution in [3.05, 3.63) is 35.4 Å². The molecule has 0 saturated heterocycles. The molecule has 0 heterocycles. The summed E-state index contributed by atoms with van der Waals surface area (Å²) in [5.41, 5.74) is 7.82. The number of hydrogen-bond acceptors (Lipinski definition) is 4. The van der Waals surface area contributed by atoms with Crippen LogP contribution in [0.3, 0.4) is 0 Å². The van der Waals surface area contributed by atoms with Gasteiger partial charge in [0.05, 0.1) is 17.8 Å². The second kappa shape index (κ2) is 6.85. The first-order valence-electron chi connectivity index (χ1n) is 6.50. The van der Waals surface area contributed by atoms with Crippen molar-refractivity contribution in [3.8, 4) is 0 Å². The number of hydrogen-bond donors (Lipinski definition) is 2. The summed E-state index contributed by atoms with van der Waals surface area (Å²) in [5, 5.41) is 2.81. The maximum atomic E-state index is 11.9. The lowest BCUT2D eigenvalue weighted by molar-refractivity contribution is -0.123. The van der Waals surface area contributed by atoms with Crippen LogP contribution in [0.15, 0.2) is 24.3 Å². The molecule has 0 aliphatic heterocycles. The van der Waals surface area contributed by atoms with Crippen LogP contribution < -0.4 is 11.1 Å². The van der Waals surface area contributed by atoms with E-state index in [1.54, 1.807) is 0 Å². The highest BCUT2D eigenvalue weighted by molar-refractivity contribution is 7.90. The Morgan fingerprint density at radius 3 is 2.50 bits per heavy atom. The highest BCUT2D eigenvalue weighted by Gasteiger charge is 2.18. The van der Waals surface area contributed by atoms with Crippen LogP contribution in [0.4, 0.5) is 0 Å². The summed E-state index contributed by atoms with van der Waals surface area (Å²) in [6, 6.07) is 6.80. The number of aryl methyl sites for hydroxylation is 1. The maximum absolute atomic E-state index is 11.9. The van der Waals surface area contributed by atoms with Crippen LogP contribution in [0.5, 0.6) is 0 Å². The lowest BCUT2D eigenvalue weighted by Crippen LogP contribution is -2.42. The van der Waals surface area contributed by atoms with Gasteiger partial charge in [-0.05, 0) is 31.4 Å². The van der Waals surface area contributed by atoms with Gasteiger partial charge < -0.3 is 11.1 Å². The molecule has 20 heavy (non-hydrogen) atoms. The van der Waals surface area contributed by atoms with Crippen molar-refractivity contribution in [1.82, 2.24) is 5.32 Å². The Balaban J connectivity index is 2.60. The molecule has 1 aromatic rings. The van der Waals surface area contributed by atoms with E-state index in [-0.39, 0.29) is 24.1 Å². The first-order chi connectivity index (χ1) is 9.20. The van der Waals surface area contributed by atoms with Crippen molar-refractivity contribution in [2.45, 2.75) is 32.4 Å². The SMILES string of the molecule is Cc1ccccc1[C@H](C)NC(=O)C(N)CCS(C)(=O)=O. The minimum atomic E-state index is -3.10. The van der Waals surface area contributed by atoms with Crippen LogP contribution in [-0.4, -0.2) is 32.4 Å². The minimum absolute atomic E-state index is 0.0830. The molecular formula is C14H22N2O3S. The average molecular weight is 298 g/mol. The lowest BCUT2D eigenvalue weighted by Gasteiger charge is -2.19. The fourth-order valence-corrected chi connectivity index (χ4v) is 2.63. The molecule has 2 atom stereocenters. The largest absolute Gasteiger partial charge is 0.348 e. The molecule has 0 bridgehead atoms. The van der Waals surface area contributed by atoms with Crippen molar-refractivity contribution >= 4 is 15.7 Å². The van der Waals surface area contributed by atoms with E-state index in [0.29, 0.717) is 0 Å². The summed E-state index contributed by atoms with van der Waals surface area (Å²) in [6.45, 7) is 3.85. The van der Waals surface area contributed by atoms with Crippen LogP contribution in [-0.2, 0) is 14.6 Å². The molecule has 0 aromatic heterocycles. The molecule has 1 rings (SSSR count). The third kappa shape index (κ3) is 5.30. The van der Waals surface area contributed by atoms with Gasteiger partial charge in [0.1, 0.15) is 9.84 Å². The van der Waals surface area contributed by atoms with Gasteiger partial charge in [-0.15, -0.1) is 0 Å². The molecule has 1 amide bonds. The van der Waals surface area contributed by atoms with Crippen LogP contribution in [0.2, 0.25) is 0 Å². The first kappa shape index (κ1) is 16.7. The normalized spacial score (nSPS) is 14.6.